The van der Waals surface area contributed by atoms with Gasteiger partial charge in [0.2, 0.25) is 0 Å². The summed E-state index contributed by atoms with van der Waals surface area (Å²) in [4.78, 5) is 21.1. The van der Waals surface area contributed by atoms with Gasteiger partial charge in [0.15, 0.2) is 0 Å². The van der Waals surface area contributed by atoms with E-state index in [1.807, 2.05) is 26.0 Å². The summed E-state index contributed by atoms with van der Waals surface area (Å²) < 4.78 is 5.70. The predicted molar refractivity (Wildman–Crippen MR) is 111 cm³/mol. The van der Waals surface area contributed by atoms with E-state index in [0.717, 1.165) is 30.6 Å². The number of carbonyl (C=O) groups is 2. The zero-order chi connectivity index (χ0) is 21.7. The molecule has 7 heteroatoms. The summed E-state index contributed by atoms with van der Waals surface area (Å²) >= 11 is 0. The normalized spacial score (nSPS) is 11.9. The van der Waals surface area contributed by atoms with Crippen molar-refractivity contribution in [3.63, 3.8) is 0 Å². The number of ether oxygens (including phenoxy) is 1. The first-order valence-electron chi connectivity index (χ1n) is 9.63. The maximum Gasteiger partial charge on any atom is 0.320 e. The van der Waals surface area contributed by atoms with Crippen molar-refractivity contribution in [2.75, 3.05) is 13.2 Å². The molecule has 1 aromatic carbocycles. The molecular formula is C21H36N2O5. The van der Waals surface area contributed by atoms with Gasteiger partial charge in [0.25, 0.3) is 0 Å². The van der Waals surface area contributed by atoms with Gasteiger partial charge in [-0.1, -0.05) is 18.6 Å². The standard InChI is InChI=1S/C15H22O3.C6H14N2O2/c1-11-6-7-12(2)13(10-11)18-9-5-8-15(3,4)14(16)17;7-4-2-1-3-5(8)6(9)10/h6-7,10H,5,8-9H2,1-4H3,(H,16,17);5H,1-4,7-8H2,(H,9,10)/t;5-/m.0/s1. The van der Waals surface area contributed by atoms with Crippen LogP contribution in [0.25, 0.3) is 0 Å². The second-order valence-corrected chi connectivity index (χ2v) is 7.64. The van der Waals surface area contributed by atoms with Gasteiger partial charge in [-0.15, -0.1) is 0 Å². The van der Waals surface area contributed by atoms with Crippen LogP contribution in [-0.4, -0.2) is 41.3 Å². The number of hydrogen-bond acceptors (Lipinski definition) is 5. The number of hydrogen-bond donors (Lipinski definition) is 4. The lowest BCUT2D eigenvalue weighted by Gasteiger charge is -2.19. The van der Waals surface area contributed by atoms with Crippen LogP contribution in [0.1, 0.15) is 57.1 Å². The van der Waals surface area contributed by atoms with Gasteiger partial charge in [0.1, 0.15) is 11.8 Å². The Morgan fingerprint density at radius 2 is 1.79 bits per heavy atom. The maximum absolute atomic E-state index is 10.9. The van der Waals surface area contributed by atoms with Crippen molar-refractivity contribution < 1.29 is 24.5 Å². The average molecular weight is 397 g/mol. The van der Waals surface area contributed by atoms with Crippen LogP contribution in [-0.2, 0) is 9.59 Å². The second-order valence-electron chi connectivity index (χ2n) is 7.64. The van der Waals surface area contributed by atoms with Gasteiger partial charge in [-0.25, -0.2) is 0 Å². The van der Waals surface area contributed by atoms with Gasteiger partial charge in [0, 0.05) is 0 Å². The van der Waals surface area contributed by atoms with Crippen LogP contribution in [0.4, 0.5) is 0 Å². The Balaban J connectivity index is 0.000000621. The third-order valence-corrected chi connectivity index (χ3v) is 4.41. The Kier molecular flexibility index (Phi) is 12.1. The Labute approximate surface area is 168 Å². The van der Waals surface area contributed by atoms with Crippen LogP contribution in [0.2, 0.25) is 0 Å². The Bertz CT molecular complexity index is 617. The highest BCUT2D eigenvalue weighted by molar-refractivity contribution is 5.73. The molecular weight excluding hydrogens is 360 g/mol. The molecule has 6 N–H and O–H groups in total. The van der Waals surface area contributed by atoms with Gasteiger partial charge in [0.05, 0.1) is 12.0 Å². The quantitative estimate of drug-likeness (QED) is 0.422. The fourth-order valence-corrected chi connectivity index (χ4v) is 2.30. The lowest BCUT2D eigenvalue weighted by molar-refractivity contribution is -0.147. The van der Waals surface area contributed by atoms with E-state index in [-0.39, 0.29) is 0 Å². The average Bonchev–Trinajstić information content (AvgIpc) is 2.62. The summed E-state index contributed by atoms with van der Waals surface area (Å²) in [5.41, 5.74) is 12.0. The van der Waals surface area contributed by atoms with Crippen LogP contribution in [0, 0.1) is 19.3 Å². The van der Waals surface area contributed by atoms with Crippen LogP contribution in [0.3, 0.4) is 0 Å². The van der Waals surface area contributed by atoms with E-state index in [4.69, 9.17) is 26.4 Å². The Hall–Kier alpha value is -2.12. The molecule has 1 atom stereocenters. The summed E-state index contributed by atoms with van der Waals surface area (Å²) in [5.74, 6) is -0.797. The molecule has 160 valence electrons. The van der Waals surface area contributed by atoms with E-state index < -0.39 is 23.4 Å². The number of rotatable bonds is 11. The lowest BCUT2D eigenvalue weighted by atomic mass is 9.88. The summed E-state index contributed by atoms with van der Waals surface area (Å²) in [5, 5.41) is 17.3. The van der Waals surface area contributed by atoms with Gasteiger partial charge in [-0.3, -0.25) is 9.59 Å². The largest absolute Gasteiger partial charge is 0.493 e. The molecule has 1 aromatic rings. The molecule has 28 heavy (non-hydrogen) atoms. The third-order valence-electron chi connectivity index (χ3n) is 4.41. The Morgan fingerprint density at radius 1 is 1.14 bits per heavy atom. The highest BCUT2D eigenvalue weighted by Crippen LogP contribution is 2.24. The summed E-state index contributed by atoms with van der Waals surface area (Å²) in [6, 6.07) is 5.38. The minimum Gasteiger partial charge on any atom is -0.493 e. The summed E-state index contributed by atoms with van der Waals surface area (Å²) in [6.45, 7) is 8.68. The number of aliphatic carboxylic acids is 2. The van der Waals surface area contributed by atoms with Gasteiger partial charge < -0.3 is 26.4 Å². The molecule has 0 aliphatic rings. The number of unbranched alkanes of at least 4 members (excludes halogenated alkanes) is 1. The predicted octanol–water partition coefficient (Wildman–Crippen LogP) is 3.10. The van der Waals surface area contributed by atoms with Crippen LogP contribution < -0.4 is 16.2 Å². The van der Waals surface area contributed by atoms with Crippen molar-refractivity contribution in [3.05, 3.63) is 29.3 Å². The fourth-order valence-electron chi connectivity index (χ4n) is 2.30. The molecule has 0 amide bonds. The number of carboxylic acid groups (broad SMARTS) is 2. The van der Waals surface area contributed by atoms with Crippen molar-refractivity contribution >= 4 is 11.9 Å². The number of benzene rings is 1. The molecule has 0 unspecified atom stereocenters. The molecule has 0 aliphatic heterocycles. The molecule has 0 saturated heterocycles. The van der Waals surface area contributed by atoms with E-state index >= 15 is 0 Å². The molecule has 0 fully saturated rings. The van der Waals surface area contributed by atoms with Crippen molar-refractivity contribution in [3.8, 4) is 5.75 Å². The Morgan fingerprint density at radius 3 is 2.32 bits per heavy atom. The van der Waals surface area contributed by atoms with Crippen LogP contribution in [0.15, 0.2) is 18.2 Å². The minimum atomic E-state index is -0.933. The van der Waals surface area contributed by atoms with E-state index in [1.165, 1.54) is 5.56 Å². The van der Waals surface area contributed by atoms with Crippen LogP contribution in [0.5, 0.6) is 5.75 Å². The zero-order valence-corrected chi connectivity index (χ0v) is 17.5. The topological polar surface area (TPSA) is 136 Å². The van der Waals surface area contributed by atoms with E-state index in [0.29, 0.717) is 26.0 Å². The second kappa shape index (κ2) is 13.1. The smallest absolute Gasteiger partial charge is 0.320 e. The molecule has 0 aliphatic carbocycles. The van der Waals surface area contributed by atoms with Gasteiger partial charge in [-0.2, -0.15) is 0 Å². The molecule has 0 bridgehead atoms. The first-order chi connectivity index (χ1) is 13.0. The molecule has 0 spiro atoms. The van der Waals surface area contributed by atoms with Crippen molar-refractivity contribution in [2.45, 2.75) is 65.8 Å². The van der Waals surface area contributed by atoms with Gasteiger partial charge >= 0.3 is 11.9 Å². The zero-order valence-electron chi connectivity index (χ0n) is 17.5. The lowest BCUT2D eigenvalue weighted by Crippen LogP contribution is -2.29. The SMILES string of the molecule is Cc1ccc(C)c(OCCCC(C)(C)C(=O)O)c1.NCCCC[C@H](N)C(=O)O. The molecule has 0 saturated carbocycles. The van der Waals surface area contributed by atoms with Crippen molar-refractivity contribution in [1.29, 1.82) is 0 Å². The van der Waals surface area contributed by atoms with E-state index in [1.54, 1.807) is 13.8 Å². The summed E-state index contributed by atoms with van der Waals surface area (Å²) in [6.07, 6.45) is 3.53. The van der Waals surface area contributed by atoms with E-state index in [9.17, 15) is 9.59 Å². The van der Waals surface area contributed by atoms with Crippen molar-refractivity contribution in [2.24, 2.45) is 16.9 Å². The highest BCUT2D eigenvalue weighted by atomic mass is 16.5. The molecule has 0 aromatic heterocycles. The molecule has 7 nitrogen and oxygen atoms in total. The molecule has 0 heterocycles. The number of aryl methyl sites for hydroxylation is 2. The van der Waals surface area contributed by atoms with Crippen molar-refractivity contribution in [1.82, 2.24) is 0 Å². The maximum atomic E-state index is 10.9. The van der Waals surface area contributed by atoms with Crippen LogP contribution >= 0.6 is 0 Å². The molecule has 1 rings (SSSR count). The third kappa shape index (κ3) is 10.9. The summed E-state index contributed by atoms with van der Waals surface area (Å²) in [7, 11) is 0. The first kappa shape index (κ1) is 25.9. The fraction of sp³-hybridized carbons (Fsp3) is 0.619. The highest BCUT2D eigenvalue weighted by Gasteiger charge is 2.26. The number of carboxylic acids is 2. The minimum absolute atomic E-state index is 0.520. The monoisotopic (exact) mass is 396 g/mol. The number of nitrogens with two attached hydrogens (primary N) is 2. The first-order valence-corrected chi connectivity index (χ1v) is 9.63. The van der Waals surface area contributed by atoms with E-state index in [2.05, 4.69) is 6.07 Å². The molecule has 0 radical (unpaired) electrons. The van der Waals surface area contributed by atoms with Gasteiger partial charge in [-0.05, 0) is 77.1 Å².